The van der Waals surface area contributed by atoms with Crippen molar-refractivity contribution in [3.63, 3.8) is 0 Å². The minimum absolute atomic E-state index is 0.158. The van der Waals surface area contributed by atoms with Crippen molar-refractivity contribution in [3.8, 4) is 0 Å². The van der Waals surface area contributed by atoms with Gasteiger partial charge in [-0.05, 0) is 32.2 Å². The summed E-state index contributed by atoms with van der Waals surface area (Å²) in [5.41, 5.74) is 5.41. The minimum atomic E-state index is -1.07. The Morgan fingerprint density at radius 3 is 1.64 bits per heavy atom. The van der Waals surface area contributed by atoms with E-state index in [0.717, 1.165) is 25.7 Å². The quantitative estimate of drug-likeness (QED) is 0.147. The third kappa shape index (κ3) is 22.0. The largest absolute Gasteiger partial charge is 0.480 e. The number of rotatable bonds is 24. The van der Waals surface area contributed by atoms with Gasteiger partial charge in [-0.2, -0.15) is 0 Å². The Kier molecular flexibility index (Phi) is 22.4. The summed E-state index contributed by atoms with van der Waals surface area (Å²) in [6, 6.07) is -0.934. The summed E-state index contributed by atoms with van der Waals surface area (Å²) in [7, 11) is 0. The van der Waals surface area contributed by atoms with E-state index in [1.807, 2.05) is 0 Å². The summed E-state index contributed by atoms with van der Waals surface area (Å²) in [4.78, 5) is 35.0. The van der Waals surface area contributed by atoms with Crippen molar-refractivity contribution < 1.29 is 19.5 Å². The minimum Gasteiger partial charge on any atom is -0.480 e. The van der Waals surface area contributed by atoms with Crippen LogP contribution in [0.4, 0.5) is 0 Å². The summed E-state index contributed by atoms with van der Waals surface area (Å²) < 4.78 is 0. The van der Waals surface area contributed by atoms with E-state index < -0.39 is 17.9 Å². The normalized spacial score (nSPS) is 11.8. The van der Waals surface area contributed by atoms with Gasteiger partial charge in [-0.15, -0.1) is 0 Å². The molecule has 1 atom stereocenters. The molecule has 0 fully saturated rings. The maximum Gasteiger partial charge on any atom is 0.326 e. The van der Waals surface area contributed by atoms with E-state index in [1.54, 1.807) is 0 Å². The van der Waals surface area contributed by atoms with Crippen LogP contribution >= 0.6 is 0 Å². The molecule has 0 heterocycles. The monoisotopic (exact) mass is 469 g/mol. The lowest BCUT2D eigenvalue weighted by atomic mass is 10.0. The zero-order valence-corrected chi connectivity index (χ0v) is 21.2. The fraction of sp³-hybridized carbons (Fsp3) is 0.885. The van der Waals surface area contributed by atoms with Crippen LogP contribution in [0.5, 0.6) is 0 Å². The first-order chi connectivity index (χ1) is 16.0. The SMILES string of the molecule is CCCCCCCCCCCCCCCCCC(=O)NCC(=O)N[C@@H](CCCCN)C(=O)O. The van der Waals surface area contributed by atoms with Crippen LogP contribution in [0.1, 0.15) is 129 Å². The van der Waals surface area contributed by atoms with Crippen molar-refractivity contribution in [1.29, 1.82) is 0 Å². The highest BCUT2D eigenvalue weighted by molar-refractivity contribution is 5.87. The summed E-state index contributed by atoms with van der Waals surface area (Å²) in [5.74, 6) is -1.70. The molecule has 2 amide bonds. The molecule has 33 heavy (non-hydrogen) atoms. The number of hydrogen-bond acceptors (Lipinski definition) is 4. The van der Waals surface area contributed by atoms with Gasteiger partial charge >= 0.3 is 5.97 Å². The molecule has 7 nitrogen and oxygen atoms in total. The molecule has 0 bridgehead atoms. The van der Waals surface area contributed by atoms with Gasteiger partial charge in [-0.25, -0.2) is 4.79 Å². The van der Waals surface area contributed by atoms with Crippen molar-refractivity contribution in [1.82, 2.24) is 10.6 Å². The second kappa shape index (κ2) is 23.5. The maximum absolute atomic E-state index is 11.9. The number of carbonyl (C=O) groups excluding carboxylic acids is 2. The van der Waals surface area contributed by atoms with Gasteiger partial charge in [0.25, 0.3) is 0 Å². The molecule has 0 aromatic heterocycles. The van der Waals surface area contributed by atoms with Gasteiger partial charge in [-0.1, -0.05) is 96.8 Å². The van der Waals surface area contributed by atoms with E-state index in [1.165, 1.54) is 77.0 Å². The lowest BCUT2D eigenvalue weighted by molar-refractivity contribution is -0.142. The van der Waals surface area contributed by atoms with Gasteiger partial charge in [0.2, 0.25) is 11.8 Å². The van der Waals surface area contributed by atoms with Crippen LogP contribution in [0.3, 0.4) is 0 Å². The van der Waals surface area contributed by atoms with Crippen molar-refractivity contribution >= 4 is 17.8 Å². The van der Waals surface area contributed by atoms with E-state index in [4.69, 9.17) is 10.8 Å². The van der Waals surface area contributed by atoms with E-state index in [-0.39, 0.29) is 12.5 Å². The summed E-state index contributed by atoms with van der Waals surface area (Å²) in [6.07, 6.45) is 21.3. The van der Waals surface area contributed by atoms with E-state index >= 15 is 0 Å². The number of carboxylic acid groups (broad SMARTS) is 1. The first-order valence-corrected chi connectivity index (χ1v) is 13.5. The van der Waals surface area contributed by atoms with Crippen molar-refractivity contribution in [2.45, 2.75) is 135 Å². The summed E-state index contributed by atoms with van der Waals surface area (Å²) in [6.45, 7) is 2.57. The van der Waals surface area contributed by atoms with Crippen LogP contribution in [0.2, 0.25) is 0 Å². The highest BCUT2D eigenvalue weighted by Gasteiger charge is 2.19. The molecule has 0 aromatic rings. The molecule has 194 valence electrons. The van der Waals surface area contributed by atoms with Crippen molar-refractivity contribution in [2.75, 3.05) is 13.1 Å². The van der Waals surface area contributed by atoms with Gasteiger partial charge in [-0.3, -0.25) is 9.59 Å². The molecule has 0 aliphatic heterocycles. The van der Waals surface area contributed by atoms with Crippen LogP contribution < -0.4 is 16.4 Å². The zero-order valence-electron chi connectivity index (χ0n) is 21.2. The fourth-order valence-corrected chi connectivity index (χ4v) is 3.92. The molecular weight excluding hydrogens is 418 g/mol. The number of unbranched alkanes of at least 4 members (excludes halogenated alkanes) is 15. The Balaban J connectivity index is 3.53. The van der Waals surface area contributed by atoms with Crippen LogP contribution in [0, 0.1) is 0 Å². The molecule has 0 unspecified atom stereocenters. The Labute approximate surface area is 202 Å². The molecule has 0 rings (SSSR count). The van der Waals surface area contributed by atoms with Crippen LogP contribution in [-0.2, 0) is 14.4 Å². The Morgan fingerprint density at radius 1 is 0.697 bits per heavy atom. The number of amides is 2. The summed E-state index contributed by atoms with van der Waals surface area (Å²) >= 11 is 0. The molecule has 0 aliphatic carbocycles. The van der Waals surface area contributed by atoms with Gasteiger partial charge < -0.3 is 21.5 Å². The van der Waals surface area contributed by atoms with E-state index in [0.29, 0.717) is 25.8 Å². The topological polar surface area (TPSA) is 122 Å². The van der Waals surface area contributed by atoms with E-state index in [2.05, 4.69) is 17.6 Å². The lowest BCUT2D eigenvalue weighted by Gasteiger charge is -2.14. The zero-order chi connectivity index (χ0) is 24.6. The third-order valence-corrected chi connectivity index (χ3v) is 6.03. The van der Waals surface area contributed by atoms with Gasteiger partial charge in [0, 0.05) is 6.42 Å². The number of carboxylic acids is 1. The average molecular weight is 470 g/mol. The van der Waals surface area contributed by atoms with E-state index in [9.17, 15) is 14.4 Å². The molecule has 5 N–H and O–H groups in total. The predicted molar refractivity (Wildman–Crippen MR) is 135 cm³/mol. The molecule has 7 heteroatoms. The lowest BCUT2D eigenvalue weighted by Crippen LogP contribution is -2.45. The Bertz CT molecular complexity index is 500. The molecule has 0 radical (unpaired) electrons. The molecule has 0 aliphatic rings. The summed E-state index contributed by atoms with van der Waals surface area (Å²) in [5, 5.41) is 14.2. The molecule has 0 saturated heterocycles. The van der Waals surface area contributed by atoms with Crippen molar-refractivity contribution in [2.24, 2.45) is 5.73 Å². The smallest absolute Gasteiger partial charge is 0.326 e. The second-order valence-electron chi connectivity index (χ2n) is 9.22. The van der Waals surface area contributed by atoms with Crippen molar-refractivity contribution in [3.05, 3.63) is 0 Å². The first-order valence-electron chi connectivity index (χ1n) is 13.5. The number of aliphatic carboxylic acids is 1. The average Bonchev–Trinajstić information content (AvgIpc) is 2.79. The number of carbonyl (C=O) groups is 3. The molecule has 0 saturated carbocycles. The molecular formula is C26H51N3O4. The number of nitrogens with two attached hydrogens (primary N) is 1. The maximum atomic E-state index is 11.9. The van der Waals surface area contributed by atoms with Crippen LogP contribution in [0.15, 0.2) is 0 Å². The highest BCUT2D eigenvalue weighted by Crippen LogP contribution is 2.13. The van der Waals surface area contributed by atoms with Gasteiger partial charge in [0.1, 0.15) is 6.04 Å². The predicted octanol–water partition coefficient (Wildman–Crippen LogP) is 5.06. The third-order valence-electron chi connectivity index (χ3n) is 6.03. The fourth-order valence-electron chi connectivity index (χ4n) is 3.92. The molecule has 0 spiro atoms. The van der Waals surface area contributed by atoms with Gasteiger partial charge in [0.15, 0.2) is 0 Å². The number of nitrogens with one attached hydrogen (secondary N) is 2. The molecule has 0 aromatic carbocycles. The second-order valence-corrected chi connectivity index (χ2v) is 9.22. The highest BCUT2D eigenvalue weighted by atomic mass is 16.4. The number of hydrogen-bond donors (Lipinski definition) is 4. The van der Waals surface area contributed by atoms with Gasteiger partial charge in [0.05, 0.1) is 6.54 Å². The first kappa shape index (κ1) is 31.4. The van der Waals surface area contributed by atoms with Crippen LogP contribution in [0.25, 0.3) is 0 Å². The Morgan fingerprint density at radius 2 is 1.18 bits per heavy atom. The Hall–Kier alpha value is -1.63. The van der Waals surface area contributed by atoms with Crippen LogP contribution in [-0.4, -0.2) is 42.0 Å². The standard InChI is InChI=1S/C26H51N3O4/c1-2-3-4-5-6-7-8-9-10-11-12-13-14-15-16-20-24(30)28-22-25(31)29-23(26(32)33)19-17-18-21-27/h23H,2-22,27H2,1H3,(H,28,30)(H,29,31)(H,32,33)/t23-/m0/s1.